The Bertz CT molecular complexity index is 676. The molecule has 2 heteroatoms. The molecule has 3 saturated carbocycles. The van der Waals surface area contributed by atoms with Crippen molar-refractivity contribution in [2.24, 2.45) is 46.3 Å². The van der Waals surface area contributed by atoms with Crippen LogP contribution in [0.15, 0.2) is 23.5 Å². The minimum atomic E-state index is -0.373. The van der Waals surface area contributed by atoms with E-state index in [-0.39, 0.29) is 11.5 Å². The predicted octanol–water partition coefficient (Wildman–Crippen LogP) is 7.05. The van der Waals surface area contributed by atoms with Crippen LogP contribution >= 0.6 is 0 Å². The molecule has 0 aromatic carbocycles. The van der Waals surface area contributed by atoms with Crippen LogP contribution in [-0.4, -0.2) is 16.3 Å². The van der Waals surface area contributed by atoms with Crippen molar-refractivity contribution in [3.63, 3.8) is 0 Å². The third-order valence-corrected chi connectivity index (χ3v) is 10.0. The smallest absolute Gasteiger partial charge is 0.111 e. The van der Waals surface area contributed by atoms with Gasteiger partial charge in [0, 0.05) is 0 Å². The van der Waals surface area contributed by atoms with Crippen LogP contribution in [0.5, 0.6) is 0 Å². The number of aliphatic hydroxyl groups excluding tert-OH is 2. The van der Waals surface area contributed by atoms with Gasteiger partial charge < -0.3 is 10.2 Å². The van der Waals surface area contributed by atoms with Crippen LogP contribution in [0.2, 0.25) is 0 Å². The molecule has 0 unspecified atom stereocenters. The maximum absolute atomic E-state index is 11.1. The van der Waals surface area contributed by atoms with Crippen molar-refractivity contribution in [2.75, 3.05) is 0 Å². The van der Waals surface area contributed by atoms with E-state index in [4.69, 9.17) is 0 Å². The number of allylic oxidation sites excluding steroid dienone is 2. The average Bonchev–Trinajstić information content (AvgIpc) is 3.00. The molecular formula is C27H44O2. The van der Waals surface area contributed by atoms with Crippen LogP contribution < -0.4 is 0 Å². The Morgan fingerprint density at radius 2 is 1.83 bits per heavy atom. The highest BCUT2D eigenvalue weighted by Gasteiger charge is 2.60. The van der Waals surface area contributed by atoms with E-state index < -0.39 is 0 Å². The van der Waals surface area contributed by atoms with E-state index in [1.54, 1.807) is 0 Å². The van der Waals surface area contributed by atoms with Gasteiger partial charge in [-0.05, 0) is 103 Å². The number of rotatable bonds is 5. The molecule has 4 aliphatic carbocycles. The van der Waals surface area contributed by atoms with Gasteiger partial charge in [-0.25, -0.2) is 0 Å². The van der Waals surface area contributed by atoms with Gasteiger partial charge >= 0.3 is 0 Å². The standard InChI is InChI=1S/C27H44O2/c1-17(2)7-6-8-18(3)21-9-10-22-20-16-25(29)24-15-19(28)11-13-27(24,5)23(20)12-14-26(21,22)4/h11,15,17-18,20-23,25,28-29H,6-10,12-14,16H2,1-5H3/t18-,20+,21-,22+,23+,25+,26-,27-/m1/s1. The molecule has 0 radical (unpaired) electrons. The maximum atomic E-state index is 11.1. The Hall–Kier alpha value is -0.760. The van der Waals surface area contributed by atoms with Gasteiger partial charge in [-0.15, -0.1) is 0 Å². The van der Waals surface area contributed by atoms with Crippen LogP contribution in [0.3, 0.4) is 0 Å². The minimum absolute atomic E-state index is 0.0386. The summed E-state index contributed by atoms with van der Waals surface area (Å²) in [4.78, 5) is 0. The zero-order valence-corrected chi connectivity index (χ0v) is 19.5. The lowest BCUT2D eigenvalue weighted by Crippen LogP contribution is -2.53. The van der Waals surface area contributed by atoms with E-state index in [0.717, 1.165) is 42.1 Å². The summed E-state index contributed by atoms with van der Waals surface area (Å²) in [7, 11) is 0. The van der Waals surface area contributed by atoms with Gasteiger partial charge in [0.15, 0.2) is 0 Å². The molecule has 2 N–H and O–H groups in total. The quantitative estimate of drug-likeness (QED) is 0.519. The zero-order valence-electron chi connectivity index (χ0n) is 19.5. The Balaban J connectivity index is 1.52. The highest BCUT2D eigenvalue weighted by Crippen LogP contribution is 2.67. The van der Waals surface area contributed by atoms with Crippen LogP contribution in [0.25, 0.3) is 0 Å². The van der Waals surface area contributed by atoms with Gasteiger partial charge in [0.05, 0.1) is 6.10 Å². The SMILES string of the molecule is CC(C)CCC[C@@H](C)[C@H]1CC[C@H]2[C@@H]3C[C@H](O)C4=CC(O)=CC[C@]4(C)[C@H]3CC[C@]12C. The molecule has 2 nitrogen and oxygen atoms in total. The van der Waals surface area contributed by atoms with Gasteiger partial charge in [0.2, 0.25) is 0 Å². The second-order valence-electron chi connectivity index (χ2n) is 12.0. The normalized spacial score (nSPS) is 45.1. The molecule has 4 aliphatic rings. The summed E-state index contributed by atoms with van der Waals surface area (Å²) in [6.45, 7) is 12.2. The minimum Gasteiger partial charge on any atom is -0.508 e. The van der Waals surface area contributed by atoms with Crippen molar-refractivity contribution in [1.82, 2.24) is 0 Å². The fourth-order valence-corrected chi connectivity index (χ4v) is 8.48. The van der Waals surface area contributed by atoms with E-state index in [1.165, 1.54) is 44.9 Å². The van der Waals surface area contributed by atoms with Crippen molar-refractivity contribution in [1.29, 1.82) is 0 Å². The molecule has 0 bridgehead atoms. The number of fused-ring (bicyclic) bond motifs is 5. The molecule has 0 aliphatic heterocycles. The molecule has 8 atom stereocenters. The molecule has 0 heterocycles. The summed E-state index contributed by atoms with van der Waals surface area (Å²) in [5.74, 6) is 4.94. The third-order valence-electron chi connectivity index (χ3n) is 10.0. The van der Waals surface area contributed by atoms with Gasteiger partial charge in [0.25, 0.3) is 0 Å². The number of hydrogen-bond acceptors (Lipinski definition) is 2. The highest BCUT2D eigenvalue weighted by atomic mass is 16.3. The highest BCUT2D eigenvalue weighted by molar-refractivity contribution is 5.35. The van der Waals surface area contributed by atoms with E-state index in [2.05, 4.69) is 34.6 Å². The van der Waals surface area contributed by atoms with Gasteiger partial charge in [-0.3, -0.25) is 0 Å². The molecule has 0 amide bonds. The van der Waals surface area contributed by atoms with Crippen molar-refractivity contribution < 1.29 is 10.2 Å². The van der Waals surface area contributed by atoms with E-state index in [0.29, 0.717) is 23.0 Å². The summed E-state index contributed by atoms with van der Waals surface area (Å²) in [5.41, 5.74) is 1.61. The lowest BCUT2D eigenvalue weighted by molar-refractivity contribution is -0.0797. The average molecular weight is 401 g/mol. The molecule has 4 rings (SSSR count). The van der Waals surface area contributed by atoms with Crippen LogP contribution in [-0.2, 0) is 0 Å². The lowest BCUT2D eigenvalue weighted by atomic mass is 9.46. The van der Waals surface area contributed by atoms with Crippen LogP contribution in [0.1, 0.15) is 92.4 Å². The first kappa shape index (κ1) is 21.5. The Labute approximate surface area is 178 Å². The summed E-state index contributed by atoms with van der Waals surface area (Å²) >= 11 is 0. The molecule has 3 fully saturated rings. The van der Waals surface area contributed by atoms with Crippen molar-refractivity contribution in [2.45, 2.75) is 98.5 Å². The summed E-state index contributed by atoms with van der Waals surface area (Å²) in [5, 5.41) is 21.1. The largest absolute Gasteiger partial charge is 0.508 e. The van der Waals surface area contributed by atoms with Gasteiger partial charge in [0.1, 0.15) is 5.76 Å². The van der Waals surface area contributed by atoms with Crippen LogP contribution in [0.4, 0.5) is 0 Å². The fraction of sp³-hybridized carbons (Fsp3) is 0.852. The van der Waals surface area contributed by atoms with Gasteiger partial charge in [-0.2, -0.15) is 0 Å². The third kappa shape index (κ3) is 3.52. The number of hydrogen-bond donors (Lipinski definition) is 2. The molecule has 0 saturated heterocycles. The second kappa shape index (κ2) is 7.74. The monoisotopic (exact) mass is 400 g/mol. The Morgan fingerprint density at radius 1 is 1.07 bits per heavy atom. The van der Waals surface area contributed by atoms with Crippen molar-refractivity contribution >= 4 is 0 Å². The fourth-order valence-electron chi connectivity index (χ4n) is 8.48. The molecule has 29 heavy (non-hydrogen) atoms. The van der Waals surface area contributed by atoms with Crippen molar-refractivity contribution in [3.8, 4) is 0 Å². The molecule has 0 aromatic heterocycles. The van der Waals surface area contributed by atoms with Crippen molar-refractivity contribution in [3.05, 3.63) is 23.5 Å². The lowest BCUT2D eigenvalue weighted by Gasteiger charge is -2.59. The predicted molar refractivity (Wildman–Crippen MR) is 121 cm³/mol. The van der Waals surface area contributed by atoms with Gasteiger partial charge in [-0.1, -0.05) is 53.9 Å². The van der Waals surface area contributed by atoms with E-state index in [9.17, 15) is 10.2 Å². The first-order valence-corrected chi connectivity index (χ1v) is 12.5. The maximum Gasteiger partial charge on any atom is 0.111 e. The summed E-state index contributed by atoms with van der Waals surface area (Å²) in [6, 6.07) is 0. The summed E-state index contributed by atoms with van der Waals surface area (Å²) in [6.07, 6.45) is 14.8. The Kier molecular flexibility index (Phi) is 5.73. The first-order valence-electron chi connectivity index (χ1n) is 12.5. The topological polar surface area (TPSA) is 40.5 Å². The Morgan fingerprint density at radius 3 is 2.55 bits per heavy atom. The molecular weight excluding hydrogens is 356 g/mol. The van der Waals surface area contributed by atoms with E-state index >= 15 is 0 Å². The molecule has 0 spiro atoms. The molecule has 0 aromatic rings. The second-order valence-corrected chi connectivity index (χ2v) is 12.0. The first-order chi connectivity index (χ1) is 13.7. The number of aliphatic hydroxyl groups is 2. The van der Waals surface area contributed by atoms with Crippen LogP contribution in [0, 0.1) is 46.3 Å². The van der Waals surface area contributed by atoms with E-state index in [1.807, 2.05) is 12.2 Å². The zero-order chi connectivity index (χ0) is 21.0. The summed E-state index contributed by atoms with van der Waals surface area (Å²) < 4.78 is 0. The molecule has 164 valence electrons.